The van der Waals surface area contributed by atoms with E-state index in [1.54, 1.807) is 42.5 Å². The lowest BCUT2D eigenvalue weighted by Gasteiger charge is -2.08. The van der Waals surface area contributed by atoms with Gasteiger partial charge in [0, 0.05) is 22.0 Å². The summed E-state index contributed by atoms with van der Waals surface area (Å²) >= 11 is 5.85. The summed E-state index contributed by atoms with van der Waals surface area (Å²) in [6, 6.07) is 21.1. The van der Waals surface area contributed by atoms with Gasteiger partial charge in [-0.3, -0.25) is 4.79 Å². The van der Waals surface area contributed by atoms with Crippen molar-refractivity contribution in [2.75, 3.05) is 10.6 Å². The first kappa shape index (κ1) is 19.4. The summed E-state index contributed by atoms with van der Waals surface area (Å²) in [5.41, 5.74) is 3.86. The third-order valence-electron chi connectivity index (χ3n) is 4.03. The lowest BCUT2D eigenvalue weighted by molar-refractivity contribution is 0.104. The molecule has 2 N–H and O–H groups in total. The number of halogens is 1. The van der Waals surface area contributed by atoms with Gasteiger partial charge in [0.1, 0.15) is 0 Å². The number of carbonyl (C=O) groups excluding carboxylic acids is 2. The maximum Gasteiger partial charge on any atom is 0.323 e. The first-order chi connectivity index (χ1) is 13.5. The number of hydrogen-bond donors (Lipinski definition) is 2. The number of urea groups is 1. The molecule has 0 saturated heterocycles. The Morgan fingerprint density at radius 2 is 1.32 bits per heavy atom. The van der Waals surface area contributed by atoms with Crippen molar-refractivity contribution in [2.45, 2.75) is 6.92 Å². The van der Waals surface area contributed by atoms with Gasteiger partial charge < -0.3 is 10.6 Å². The Morgan fingerprint density at radius 3 is 1.89 bits per heavy atom. The number of amides is 2. The van der Waals surface area contributed by atoms with Crippen LogP contribution in [0.25, 0.3) is 6.08 Å². The number of rotatable bonds is 5. The number of anilines is 2. The van der Waals surface area contributed by atoms with E-state index in [0.29, 0.717) is 22.0 Å². The molecule has 5 heteroatoms. The van der Waals surface area contributed by atoms with E-state index in [9.17, 15) is 9.59 Å². The van der Waals surface area contributed by atoms with Crippen LogP contribution in [0.1, 0.15) is 21.5 Å². The fourth-order valence-electron chi connectivity index (χ4n) is 2.49. The summed E-state index contributed by atoms with van der Waals surface area (Å²) in [7, 11) is 0. The van der Waals surface area contributed by atoms with Gasteiger partial charge in [-0.2, -0.15) is 0 Å². The molecule has 3 aromatic rings. The molecule has 3 aromatic carbocycles. The Morgan fingerprint density at radius 1 is 0.786 bits per heavy atom. The van der Waals surface area contributed by atoms with Crippen molar-refractivity contribution in [1.29, 1.82) is 0 Å². The van der Waals surface area contributed by atoms with Gasteiger partial charge in [0.2, 0.25) is 0 Å². The van der Waals surface area contributed by atoms with Gasteiger partial charge in [-0.25, -0.2) is 4.79 Å². The van der Waals surface area contributed by atoms with Crippen molar-refractivity contribution < 1.29 is 9.59 Å². The van der Waals surface area contributed by atoms with Gasteiger partial charge >= 0.3 is 6.03 Å². The second kappa shape index (κ2) is 9.02. The van der Waals surface area contributed by atoms with Crippen LogP contribution in [0, 0.1) is 6.92 Å². The second-order valence-corrected chi connectivity index (χ2v) is 6.71. The molecule has 0 bridgehead atoms. The number of hydrogen-bond acceptors (Lipinski definition) is 2. The highest BCUT2D eigenvalue weighted by Crippen LogP contribution is 2.14. The molecule has 3 rings (SSSR count). The molecule has 0 spiro atoms. The number of carbonyl (C=O) groups is 2. The molecule has 28 heavy (non-hydrogen) atoms. The zero-order valence-corrected chi connectivity index (χ0v) is 16.0. The minimum atomic E-state index is -0.342. The molecule has 0 aliphatic rings. The number of ketones is 1. The van der Waals surface area contributed by atoms with Crippen LogP contribution >= 0.6 is 11.6 Å². The molecule has 0 aliphatic heterocycles. The molecule has 0 heterocycles. The van der Waals surface area contributed by atoms with Crippen LogP contribution in [-0.4, -0.2) is 11.8 Å². The average molecular weight is 391 g/mol. The zero-order chi connectivity index (χ0) is 19.9. The Hall–Kier alpha value is -3.37. The SMILES string of the molecule is Cc1ccc(NC(=O)Nc2ccc(C(=O)/C=C/c3ccc(Cl)cc3)cc2)cc1. The molecule has 0 aromatic heterocycles. The van der Waals surface area contributed by atoms with Crippen molar-refractivity contribution >= 4 is 40.9 Å². The normalized spacial score (nSPS) is 10.6. The minimum absolute atomic E-state index is 0.120. The third kappa shape index (κ3) is 5.56. The van der Waals surface area contributed by atoms with Gasteiger partial charge in [-0.1, -0.05) is 47.5 Å². The van der Waals surface area contributed by atoms with Crippen molar-refractivity contribution in [3.8, 4) is 0 Å². The number of allylic oxidation sites excluding steroid dienone is 1. The highest BCUT2D eigenvalue weighted by atomic mass is 35.5. The van der Waals surface area contributed by atoms with Gasteiger partial charge in [0.05, 0.1) is 0 Å². The van der Waals surface area contributed by atoms with Crippen LogP contribution in [0.15, 0.2) is 78.9 Å². The minimum Gasteiger partial charge on any atom is -0.308 e. The summed E-state index contributed by atoms with van der Waals surface area (Å²) in [6.45, 7) is 1.98. The van der Waals surface area contributed by atoms with Crippen LogP contribution in [0.4, 0.5) is 16.2 Å². The van der Waals surface area contributed by atoms with E-state index in [1.165, 1.54) is 6.08 Å². The topological polar surface area (TPSA) is 58.2 Å². The van der Waals surface area contributed by atoms with Crippen molar-refractivity contribution in [3.05, 3.63) is 101 Å². The molecule has 0 saturated carbocycles. The Balaban J connectivity index is 1.57. The monoisotopic (exact) mass is 390 g/mol. The maximum atomic E-state index is 12.3. The van der Waals surface area contributed by atoms with E-state index >= 15 is 0 Å². The zero-order valence-electron chi connectivity index (χ0n) is 15.3. The summed E-state index contributed by atoms with van der Waals surface area (Å²) < 4.78 is 0. The maximum absolute atomic E-state index is 12.3. The van der Waals surface area contributed by atoms with Gasteiger partial charge in [-0.15, -0.1) is 0 Å². The van der Waals surface area contributed by atoms with Crippen molar-refractivity contribution in [2.24, 2.45) is 0 Å². The Bertz CT molecular complexity index is 992. The molecular weight excluding hydrogens is 372 g/mol. The molecule has 2 amide bonds. The lowest BCUT2D eigenvalue weighted by Crippen LogP contribution is -2.19. The van der Waals surface area contributed by atoms with E-state index in [0.717, 1.165) is 11.1 Å². The molecule has 0 unspecified atom stereocenters. The predicted molar refractivity (Wildman–Crippen MR) is 115 cm³/mol. The fourth-order valence-corrected chi connectivity index (χ4v) is 2.62. The number of nitrogens with one attached hydrogen (secondary N) is 2. The van der Waals surface area contributed by atoms with Crippen molar-refractivity contribution in [1.82, 2.24) is 0 Å². The van der Waals surface area contributed by atoms with E-state index in [4.69, 9.17) is 11.6 Å². The molecule has 0 aliphatic carbocycles. The predicted octanol–water partition coefficient (Wildman–Crippen LogP) is 6.19. The van der Waals surface area contributed by atoms with Crippen molar-refractivity contribution in [3.63, 3.8) is 0 Å². The second-order valence-electron chi connectivity index (χ2n) is 6.27. The summed E-state index contributed by atoms with van der Waals surface area (Å²) in [6.07, 6.45) is 3.25. The molecule has 0 atom stereocenters. The van der Waals surface area contributed by atoms with E-state index < -0.39 is 0 Å². The van der Waals surface area contributed by atoms with Crippen LogP contribution in [0.5, 0.6) is 0 Å². The standard InChI is InChI=1S/C23H19ClN2O2/c1-16-2-11-20(12-3-16)25-23(28)26-21-13-7-18(8-14-21)22(27)15-6-17-4-9-19(24)10-5-17/h2-15H,1H3,(H2,25,26,28)/b15-6+. The van der Waals surface area contributed by atoms with Gasteiger partial charge in [0.15, 0.2) is 5.78 Å². The molecule has 0 fully saturated rings. The van der Waals surface area contributed by atoms with Crippen LogP contribution in [0.2, 0.25) is 5.02 Å². The Kier molecular flexibility index (Phi) is 6.25. The highest BCUT2D eigenvalue weighted by Gasteiger charge is 2.05. The van der Waals surface area contributed by atoms with Crippen LogP contribution in [0.3, 0.4) is 0 Å². The summed E-state index contributed by atoms with van der Waals surface area (Å²) in [4.78, 5) is 24.3. The third-order valence-corrected chi connectivity index (χ3v) is 4.29. The quantitative estimate of drug-likeness (QED) is 0.403. The van der Waals surface area contributed by atoms with E-state index in [2.05, 4.69) is 10.6 Å². The molecule has 0 radical (unpaired) electrons. The highest BCUT2D eigenvalue weighted by molar-refractivity contribution is 6.30. The first-order valence-electron chi connectivity index (χ1n) is 8.72. The number of aryl methyl sites for hydroxylation is 1. The molecule has 140 valence electrons. The average Bonchev–Trinajstić information content (AvgIpc) is 2.69. The number of benzene rings is 3. The Labute approximate surface area is 168 Å². The largest absolute Gasteiger partial charge is 0.323 e. The van der Waals surface area contributed by atoms with Crippen LogP contribution in [-0.2, 0) is 0 Å². The molecule has 4 nitrogen and oxygen atoms in total. The lowest BCUT2D eigenvalue weighted by atomic mass is 10.1. The van der Waals surface area contributed by atoms with Gasteiger partial charge in [-0.05, 0) is 67.1 Å². The van der Waals surface area contributed by atoms with Gasteiger partial charge in [0.25, 0.3) is 0 Å². The van der Waals surface area contributed by atoms with Crippen LogP contribution < -0.4 is 10.6 Å². The smallest absolute Gasteiger partial charge is 0.308 e. The van der Waals surface area contributed by atoms with E-state index in [-0.39, 0.29) is 11.8 Å². The fraction of sp³-hybridized carbons (Fsp3) is 0.0435. The summed E-state index contributed by atoms with van der Waals surface area (Å²) in [5.74, 6) is -0.120. The van der Waals surface area contributed by atoms with E-state index in [1.807, 2.05) is 43.3 Å². The summed E-state index contributed by atoms with van der Waals surface area (Å²) in [5, 5.41) is 6.15. The molecular formula is C23H19ClN2O2. The first-order valence-corrected chi connectivity index (χ1v) is 9.10.